The number of carbonyl (C=O) groups is 2. The molecule has 3 aromatic rings. The Labute approximate surface area is 202 Å². The molecular formula is C26H25N3O4S. The summed E-state index contributed by atoms with van der Waals surface area (Å²) in [6, 6.07) is 18.2. The molecule has 4 bridgehead atoms. The molecule has 174 valence electrons. The van der Waals surface area contributed by atoms with Gasteiger partial charge in [-0.3, -0.25) is 9.59 Å². The third-order valence-electron chi connectivity index (χ3n) is 6.18. The quantitative estimate of drug-likeness (QED) is 0.561. The summed E-state index contributed by atoms with van der Waals surface area (Å²) in [7, 11) is 0. The number of hydrogen-bond acceptors (Lipinski definition) is 6. The largest absolute Gasteiger partial charge is 0.504 e. The Morgan fingerprint density at radius 3 is 2.88 bits per heavy atom. The van der Waals surface area contributed by atoms with Gasteiger partial charge in [-0.1, -0.05) is 36.0 Å². The van der Waals surface area contributed by atoms with Gasteiger partial charge in [-0.05, 0) is 53.9 Å². The maximum atomic E-state index is 13.0. The molecule has 0 unspecified atom stereocenters. The lowest BCUT2D eigenvalue weighted by molar-refractivity contribution is -0.128. The van der Waals surface area contributed by atoms with Gasteiger partial charge in [0.25, 0.3) is 0 Å². The van der Waals surface area contributed by atoms with E-state index in [4.69, 9.17) is 4.74 Å². The van der Waals surface area contributed by atoms with Crippen molar-refractivity contribution in [2.45, 2.75) is 29.8 Å². The Morgan fingerprint density at radius 1 is 1.12 bits per heavy atom. The fraction of sp³-hybridized carbons (Fsp3) is 0.269. The molecule has 34 heavy (non-hydrogen) atoms. The van der Waals surface area contributed by atoms with Crippen molar-refractivity contribution in [1.29, 1.82) is 0 Å². The molecule has 2 aliphatic heterocycles. The average Bonchev–Trinajstić information content (AvgIpc) is 3.27. The number of amides is 2. The number of likely N-dealkylation sites (tertiary alicyclic amines) is 1. The average molecular weight is 476 g/mol. The van der Waals surface area contributed by atoms with Gasteiger partial charge in [-0.25, -0.2) is 4.98 Å². The maximum Gasteiger partial charge on any atom is 0.233 e. The van der Waals surface area contributed by atoms with Crippen LogP contribution in [0.3, 0.4) is 0 Å². The number of aromatic nitrogens is 1. The first-order chi connectivity index (χ1) is 16.5. The molecule has 7 nitrogen and oxygen atoms in total. The van der Waals surface area contributed by atoms with E-state index in [0.29, 0.717) is 43.2 Å². The summed E-state index contributed by atoms with van der Waals surface area (Å²) in [6.45, 7) is 0.965. The van der Waals surface area contributed by atoms with Crippen LogP contribution in [0.15, 0.2) is 71.9 Å². The number of pyridine rings is 1. The molecule has 2 N–H and O–H groups in total. The summed E-state index contributed by atoms with van der Waals surface area (Å²) < 4.78 is 5.99. The summed E-state index contributed by atoms with van der Waals surface area (Å²) in [5.74, 6) is 1.21. The lowest BCUT2D eigenvalue weighted by Crippen LogP contribution is -2.40. The zero-order chi connectivity index (χ0) is 23.5. The SMILES string of the molecule is O=C1CCc2ccc(O)c(c2)Oc2cccc(c2)[C@@H]2CN(C(=O)CSc3ccccn3)C[C@H]2N1. The van der Waals surface area contributed by atoms with Crippen LogP contribution in [-0.2, 0) is 16.0 Å². The van der Waals surface area contributed by atoms with Crippen molar-refractivity contribution in [3.05, 3.63) is 78.0 Å². The Morgan fingerprint density at radius 2 is 2.03 bits per heavy atom. The first kappa shape index (κ1) is 22.3. The normalized spacial score (nSPS) is 19.6. The molecule has 1 fully saturated rings. The molecule has 0 saturated carbocycles. The zero-order valence-corrected chi connectivity index (χ0v) is 19.3. The summed E-state index contributed by atoms with van der Waals surface area (Å²) in [5.41, 5.74) is 1.88. The van der Waals surface area contributed by atoms with Crippen LogP contribution in [0, 0.1) is 0 Å². The van der Waals surface area contributed by atoms with E-state index in [0.717, 1.165) is 16.2 Å². The standard InChI is InChI=1S/C26H25N3O4S/c30-22-9-7-17-8-10-24(31)28-21-15-29(26(32)16-34-25-6-1-2-11-27-25)14-20(21)18-4-3-5-19(13-18)33-23(22)12-17/h1-7,9,11-13,20-21,30H,8,10,14-16H2,(H,28,31)/t20-,21+/m0/s1. The fourth-order valence-electron chi connectivity index (χ4n) is 4.42. The molecule has 5 rings (SSSR count). The van der Waals surface area contributed by atoms with Gasteiger partial charge < -0.3 is 20.1 Å². The molecule has 1 saturated heterocycles. The van der Waals surface area contributed by atoms with Crippen molar-refractivity contribution in [2.24, 2.45) is 0 Å². The van der Waals surface area contributed by atoms with E-state index in [1.165, 1.54) is 11.8 Å². The van der Waals surface area contributed by atoms with Crippen molar-refractivity contribution >= 4 is 23.6 Å². The molecular weight excluding hydrogens is 450 g/mol. The van der Waals surface area contributed by atoms with E-state index >= 15 is 0 Å². The van der Waals surface area contributed by atoms with Crippen molar-refractivity contribution < 1.29 is 19.4 Å². The van der Waals surface area contributed by atoms with Crippen LogP contribution in [0.25, 0.3) is 0 Å². The Bertz CT molecular complexity index is 1200. The molecule has 1 aromatic heterocycles. The molecule has 3 heterocycles. The number of hydrogen-bond donors (Lipinski definition) is 2. The maximum absolute atomic E-state index is 13.0. The fourth-order valence-corrected chi connectivity index (χ4v) is 5.18. The molecule has 8 heteroatoms. The zero-order valence-electron chi connectivity index (χ0n) is 18.5. The van der Waals surface area contributed by atoms with E-state index < -0.39 is 0 Å². The second-order valence-corrected chi connectivity index (χ2v) is 9.51. The molecule has 0 aliphatic carbocycles. The third kappa shape index (κ3) is 5.02. The number of nitrogens with one attached hydrogen (secondary N) is 1. The van der Waals surface area contributed by atoms with Crippen molar-refractivity contribution in [3.8, 4) is 17.2 Å². The van der Waals surface area contributed by atoms with Gasteiger partial charge in [0.2, 0.25) is 11.8 Å². The molecule has 2 amide bonds. The first-order valence-electron chi connectivity index (χ1n) is 11.3. The van der Waals surface area contributed by atoms with Crippen LogP contribution in [0.2, 0.25) is 0 Å². The van der Waals surface area contributed by atoms with Gasteiger partial charge in [0.1, 0.15) is 5.75 Å². The molecule has 0 spiro atoms. The predicted molar refractivity (Wildman–Crippen MR) is 129 cm³/mol. The van der Waals surface area contributed by atoms with Crippen LogP contribution < -0.4 is 10.1 Å². The first-order valence-corrected chi connectivity index (χ1v) is 12.2. The number of phenols is 1. The number of rotatable bonds is 3. The molecule has 0 radical (unpaired) electrons. The number of phenolic OH excluding ortho intramolecular Hbond substituents is 1. The number of nitrogens with zero attached hydrogens (tertiary/aromatic N) is 2. The summed E-state index contributed by atoms with van der Waals surface area (Å²) in [4.78, 5) is 31.9. The minimum absolute atomic E-state index is 0.0193. The molecule has 2 aliphatic rings. The number of benzene rings is 2. The Kier molecular flexibility index (Phi) is 6.40. The summed E-state index contributed by atoms with van der Waals surface area (Å²) in [6.07, 6.45) is 2.55. The minimum atomic E-state index is -0.191. The van der Waals surface area contributed by atoms with E-state index in [-0.39, 0.29) is 29.5 Å². The van der Waals surface area contributed by atoms with E-state index in [9.17, 15) is 14.7 Å². The number of carbonyl (C=O) groups excluding carboxylic acids is 2. The number of aromatic hydroxyl groups is 1. The van der Waals surface area contributed by atoms with Crippen LogP contribution in [0.4, 0.5) is 0 Å². The second-order valence-electron chi connectivity index (χ2n) is 8.51. The number of thioether (sulfide) groups is 1. The number of ether oxygens (including phenoxy) is 1. The lowest BCUT2D eigenvalue weighted by atomic mass is 9.94. The van der Waals surface area contributed by atoms with Gasteiger partial charge >= 0.3 is 0 Å². The van der Waals surface area contributed by atoms with Crippen LogP contribution in [-0.4, -0.2) is 51.7 Å². The molecule has 2 aromatic carbocycles. The van der Waals surface area contributed by atoms with Crippen molar-refractivity contribution in [2.75, 3.05) is 18.8 Å². The third-order valence-corrected chi connectivity index (χ3v) is 7.11. The highest BCUT2D eigenvalue weighted by molar-refractivity contribution is 7.99. The topological polar surface area (TPSA) is 91.8 Å². The lowest BCUT2D eigenvalue weighted by Gasteiger charge is -2.20. The van der Waals surface area contributed by atoms with E-state index in [2.05, 4.69) is 10.3 Å². The van der Waals surface area contributed by atoms with Crippen molar-refractivity contribution in [1.82, 2.24) is 15.2 Å². The Balaban J connectivity index is 1.38. The highest BCUT2D eigenvalue weighted by Crippen LogP contribution is 2.35. The van der Waals surface area contributed by atoms with Crippen LogP contribution in [0.5, 0.6) is 17.2 Å². The van der Waals surface area contributed by atoms with Gasteiger partial charge in [0.05, 0.1) is 16.8 Å². The van der Waals surface area contributed by atoms with Gasteiger partial charge in [0, 0.05) is 31.6 Å². The van der Waals surface area contributed by atoms with Gasteiger partial charge in [0.15, 0.2) is 11.5 Å². The predicted octanol–water partition coefficient (Wildman–Crippen LogP) is 3.73. The van der Waals surface area contributed by atoms with Gasteiger partial charge in [-0.2, -0.15) is 0 Å². The highest BCUT2D eigenvalue weighted by atomic mass is 32.2. The van der Waals surface area contributed by atoms with Crippen LogP contribution in [0.1, 0.15) is 23.5 Å². The smallest absolute Gasteiger partial charge is 0.233 e. The van der Waals surface area contributed by atoms with E-state index in [1.54, 1.807) is 24.4 Å². The second kappa shape index (κ2) is 9.77. The highest BCUT2D eigenvalue weighted by Gasteiger charge is 2.37. The number of aryl methyl sites for hydroxylation is 1. The number of fused-ring (bicyclic) bond motifs is 6. The molecule has 2 atom stereocenters. The summed E-state index contributed by atoms with van der Waals surface area (Å²) in [5, 5.41) is 14.2. The Hall–Kier alpha value is -3.52. The summed E-state index contributed by atoms with van der Waals surface area (Å²) >= 11 is 1.41. The van der Waals surface area contributed by atoms with Crippen LogP contribution >= 0.6 is 11.8 Å². The van der Waals surface area contributed by atoms with Crippen molar-refractivity contribution in [3.63, 3.8) is 0 Å². The van der Waals surface area contributed by atoms with Gasteiger partial charge in [-0.15, -0.1) is 0 Å². The van der Waals surface area contributed by atoms with E-state index in [1.807, 2.05) is 47.4 Å². The minimum Gasteiger partial charge on any atom is -0.504 e. The monoisotopic (exact) mass is 475 g/mol.